The maximum absolute atomic E-state index is 12.1. The smallest absolute Gasteiger partial charge is 0.255 e. The number of aromatic nitrogens is 1. The molecule has 4 heteroatoms. The second-order valence-electron chi connectivity index (χ2n) is 4.25. The first-order valence-electron chi connectivity index (χ1n) is 5.62. The van der Waals surface area contributed by atoms with Crippen molar-refractivity contribution in [2.75, 3.05) is 7.11 Å². The Morgan fingerprint density at radius 1 is 1.39 bits per heavy atom. The van der Waals surface area contributed by atoms with Crippen molar-refractivity contribution in [2.45, 2.75) is 13.3 Å². The first kappa shape index (κ1) is 12.2. The van der Waals surface area contributed by atoms with Crippen molar-refractivity contribution in [2.24, 2.45) is 7.05 Å². The quantitative estimate of drug-likeness (QED) is 0.808. The van der Waals surface area contributed by atoms with Crippen LogP contribution in [0.4, 0.5) is 0 Å². The zero-order valence-corrected chi connectivity index (χ0v) is 10.7. The molecule has 0 N–H and O–H groups in total. The van der Waals surface area contributed by atoms with E-state index in [1.165, 1.54) is 0 Å². The Morgan fingerprint density at radius 2 is 2.11 bits per heavy atom. The fourth-order valence-corrected chi connectivity index (χ4v) is 2.24. The summed E-state index contributed by atoms with van der Waals surface area (Å²) in [5.74, 6) is 0.751. The van der Waals surface area contributed by atoms with Gasteiger partial charge in [0.05, 0.1) is 25.1 Å². The number of hydrogen-bond donors (Lipinski definition) is 0. The van der Waals surface area contributed by atoms with E-state index < -0.39 is 0 Å². The van der Waals surface area contributed by atoms with E-state index in [1.54, 1.807) is 24.8 Å². The van der Waals surface area contributed by atoms with E-state index in [9.17, 15) is 4.79 Å². The monoisotopic (exact) mass is 242 g/mol. The fourth-order valence-electron chi connectivity index (χ4n) is 2.24. The molecule has 0 radical (unpaired) electrons. The largest absolute Gasteiger partial charge is 0.497 e. The van der Waals surface area contributed by atoms with Gasteiger partial charge in [-0.3, -0.25) is 4.79 Å². The van der Waals surface area contributed by atoms with Gasteiger partial charge in [-0.25, -0.2) is 0 Å². The van der Waals surface area contributed by atoms with Crippen molar-refractivity contribution in [1.29, 1.82) is 5.26 Å². The van der Waals surface area contributed by atoms with Gasteiger partial charge in [0.25, 0.3) is 5.56 Å². The van der Waals surface area contributed by atoms with Crippen LogP contribution >= 0.6 is 0 Å². The van der Waals surface area contributed by atoms with Crippen LogP contribution in [-0.4, -0.2) is 11.7 Å². The van der Waals surface area contributed by atoms with E-state index in [0.29, 0.717) is 5.56 Å². The lowest BCUT2D eigenvalue weighted by atomic mass is 10.1. The predicted octanol–water partition coefficient (Wildman–Crippen LogP) is 1.92. The first-order chi connectivity index (χ1) is 8.58. The average Bonchev–Trinajstić information content (AvgIpc) is 2.35. The minimum absolute atomic E-state index is 0.114. The van der Waals surface area contributed by atoms with Crippen LogP contribution in [0.1, 0.15) is 11.1 Å². The Morgan fingerprint density at radius 3 is 2.72 bits per heavy atom. The number of hydrogen-bond acceptors (Lipinski definition) is 3. The first-order valence-corrected chi connectivity index (χ1v) is 5.62. The lowest BCUT2D eigenvalue weighted by Gasteiger charge is -2.11. The molecule has 2 rings (SSSR count). The van der Waals surface area contributed by atoms with Gasteiger partial charge in [-0.15, -0.1) is 0 Å². The number of ether oxygens (including phenoxy) is 1. The number of fused-ring (bicyclic) bond motifs is 1. The summed E-state index contributed by atoms with van der Waals surface area (Å²) in [6, 6.07) is 7.56. The molecule has 0 aliphatic carbocycles. The van der Waals surface area contributed by atoms with Crippen LogP contribution in [0.15, 0.2) is 23.0 Å². The van der Waals surface area contributed by atoms with Crippen molar-refractivity contribution in [3.63, 3.8) is 0 Å². The van der Waals surface area contributed by atoms with Crippen LogP contribution in [0.5, 0.6) is 5.75 Å². The van der Waals surface area contributed by atoms with Crippen LogP contribution < -0.4 is 10.3 Å². The maximum Gasteiger partial charge on any atom is 0.255 e. The third kappa shape index (κ3) is 1.84. The Bertz CT molecular complexity index is 708. The third-order valence-corrected chi connectivity index (χ3v) is 3.05. The molecule has 0 unspecified atom stereocenters. The van der Waals surface area contributed by atoms with Gasteiger partial charge in [-0.2, -0.15) is 5.26 Å². The highest BCUT2D eigenvalue weighted by Crippen LogP contribution is 2.24. The van der Waals surface area contributed by atoms with E-state index in [2.05, 4.69) is 0 Å². The van der Waals surface area contributed by atoms with Gasteiger partial charge in [-0.1, -0.05) is 0 Å². The minimum atomic E-state index is -0.114. The Hall–Kier alpha value is -2.28. The Labute approximate surface area is 105 Å². The summed E-state index contributed by atoms with van der Waals surface area (Å²) in [5.41, 5.74) is 2.26. The molecule has 1 aromatic heterocycles. The van der Waals surface area contributed by atoms with Gasteiger partial charge in [0.1, 0.15) is 5.75 Å². The molecule has 0 aliphatic rings. The topological polar surface area (TPSA) is 55.0 Å². The molecule has 1 heterocycles. The van der Waals surface area contributed by atoms with Gasteiger partial charge in [-0.05, 0) is 30.7 Å². The number of methoxy groups -OCH3 is 1. The summed E-state index contributed by atoms with van der Waals surface area (Å²) in [7, 11) is 3.34. The molecule has 18 heavy (non-hydrogen) atoms. The van der Waals surface area contributed by atoms with Crippen molar-refractivity contribution in [3.05, 3.63) is 39.7 Å². The molecule has 0 aliphatic heterocycles. The Kier molecular flexibility index (Phi) is 3.07. The normalized spacial score (nSPS) is 10.3. The van der Waals surface area contributed by atoms with Crippen LogP contribution in [0.2, 0.25) is 0 Å². The Balaban J connectivity index is 2.87. The van der Waals surface area contributed by atoms with Gasteiger partial charge in [0, 0.05) is 18.0 Å². The molecule has 0 amide bonds. The van der Waals surface area contributed by atoms with E-state index in [4.69, 9.17) is 10.00 Å². The van der Waals surface area contributed by atoms with Crippen molar-refractivity contribution in [3.8, 4) is 11.8 Å². The molecule has 0 saturated heterocycles. The predicted molar refractivity (Wildman–Crippen MR) is 69.8 cm³/mol. The number of rotatable bonds is 2. The minimum Gasteiger partial charge on any atom is -0.497 e. The molecule has 0 spiro atoms. The number of benzene rings is 1. The average molecular weight is 242 g/mol. The number of nitrogens with zero attached hydrogens (tertiary/aromatic N) is 2. The van der Waals surface area contributed by atoms with Gasteiger partial charge >= 0.3 is 0 Å². The van der Waals surface area contributed by atoms with Crippen LogP contribution in [0.25, 0.3) is 10.9 Å². The third-order valence-electron chi connectivity index (χ3n) is 3.05. The molecule has 2 aromatic rings. The van der Waals surface area contributed by atoms with Crippen LogP contribution in [-0.2, 0) is 13.5 Å². The van der Waals surface area contributed by atoms with E-state index in [1.807, 2.05) is 25.1 Å². The lowest BCUT2D eigenvalue weighted by molar-refractivity contribution is 0.415. The number of aryl methyl sites for hydroxylation is 2. The highest BCUT2D eigenvalue weighted by Gasteiger charge is 2.09. The SMILES string of the molecule is COc1cc(C)c2c(c1)cc(CC#N)c(=O)n2C. The standard InChI is InChI=1S/C14H14N2O2/c1-9-6-12(18-3)8-11-7-10(4-5-15)14(17)16(2)13(9)11/h6-8H,4H2,1-3H3. The van der Waals surface area contributed by atoms with E-state index >= 15 is 0 Å². The number of nitriles is 1. The molecule has 0 atom stereocenters. The van der Waals surface area contributed by atoms with Crippen molar-refractivity contribution >= 4 is 10.9 Å². The molecular formula is C14H14N2O2. The van der Waals surface area contributed by atoms with Crippen molar-refractivity contribution < 1.29 is 4.74 Å². The highest BCUT2D eigenvalue weighted by molar-refractivity contribution is 5.84. The second-order valence-corrected chi connectivity index (χ2v) is 4.25. The van der Waals surface area contributed by atoms with Crippen molar-refractivity contribution in [1.82, 2.24) is 4.57 Å². The summed E-state index contributed by atoms with van der Waals surface area (Å²) in [6.07, 6.45) is 0.124. The van der Waals surface area contributed by atoms with E-state index in [-0.39, 0.29) is 12.0 Å². The molecule has 1 aromatic carbocycles. The fraction of sp³-hybridized carbons (Fsp3) is 0.286. The van der Waals surface area contributed by atoms with Crippen LogP contribution in [0, 0.1) is 18.3 Å². The summed E-state index contributed by atoms with van der Waals surface area (Å²) in [6.45, 7) is 1.94. The highest BCUT2D eigenvalue weighted by atomic mass is 16.5. The van der Waals surface area contributed by atoms with Gasteiger partial charge < -0.3 is 9.30 Å². The molecular weight excluding hydrogens is 228 g/mol. The zero-order valence-electron chi connectivity index (χ0n) is 10.7. The summed E-state index contributed by atoms with van der Waals surface area (Å²) < 4.78 is 6.81. The zero-order chi connectivity index (χ0) is 13.3. The summed E-state index contributed by atoms with van der Waals surface area (Å²) in [5, 5.41) is 9.66. The molecule has 92 valence electrons. The number of pyridine rings is 1. The van der Waals surface area contributed by atoms with Gasteiger partial charge in [0.15, 0.2) is 0 Å². The lowest BCUT2D eigenvalue weighted by Crippen LogP contribution is -2.21. The summed E-state index contributed by atoms with van der Waals surface area (Å²) >= 11 is 0. The maximum atomic E-state index is 12.1. The van der Waals surface area contributed by atoms with Gasteiger partial charge in [0.2, 0.25) is 0 Å². The molecule has 4 nitrogen and oxygen atoms in total. The molecule has 0 fully saturated rings. The van der Waals surface area contributed by atoms with E-state index in [0.717, 1.165) is 22.2 Å². The second kappa shape index (κ2) is 4.53. The molecule has 0 saturated carbocycles. The summed E-state index contributed by atoms with van der Waals surface area (Å²) in [4.78, 5) is 12.1. The molecule has 0 bridgehead atoms. The van der Waals surface area contributed by atoms with Crippen LogP contribution in [0.3, 0.4) is 0 Å².